The van der Waals surface area contributed by atoms with E-state index in [0.717, 1.165) is 55.1 Å². The first-order valence-electron chi connectivity index (χ1n) is 7.78. The predicted octanol–water partition coefficient (Wildman–Crippen LogP) is 3.18. The SMILES string of the molecule is Cc1ncccc1CN1CCN(Cc2nc(C(F)(F)F)cs2)CC1. The van der Waals surface area contributed by atoms with Crippen molar-refractivity contribution in [1.29, 1.82) is 0 Å². The second kappa shape index (κ2) is 7.16. The van der Waals surface area contributed by atoms with Crippen molar-refractivity contribution in [3.8, 4) is 0 Å². The molecule has 0 radical (unpaired) electrons. The quantitative estimate of drug-likeness (QED) is 0.842. The van der Waals surface area contributed by atoms with Crippen LogP contribution in [0.1, 0.15) is 22.0 Å². The van der Waals surface area contributed by atoms with Crippen molar-refractivity contribution in [2.24, 2.45) is 0 Å². The van der Waals surface area contributed by atoms with Gasteiger partial charge in [0.15, 0.2) is 5.69 Å². The van der Waals surface area contributed by atoms with Gasteiger partial charge in [0.05, 0.1) is 6.54 Å². The lowest BCUT2D eigenvalue weighted by Crippen LogP contribution is -2.45. The summed E-state index contributed by atoms with van der Waals surface area (Å²) < 4.78 is 37.8. The fourth-order valence-electron chi connectivity index (χ4n) is 2.74. The van der Waals surface area contributed by atoms with E-state index >= 15 is 0 Å². The van der Waals surface area contributed by atoms with Crippen molar-refractivity contribution >= 4 is 11.3 Å². The molecule has 2 aromatic heterocycles. The number of hydrogen-bond acceptors (Lipinski definition) is 5. The van der Waals surface area contributed by atoms with Gasteiger partial charge in [-0.15, -0.1) is 11.3 Å². The van der Waals surface area contributed by atoms with Crippen LogP contribution in [0.25, 0.3) is 0 Å². The molecule has 3 heterocycles. The van der Waals surface area contributed by atoms with Gasteiger partial charge in [0.2, 0.25) is 0 Å². The molecule has 0 aromatic carbocycles. The Labute approximate surface area is 142 Å². The maximum Gasteiger partial charge on any atom is 0.434 e. The van der Waals surface area contributed by atoms with Gasteiger partial charge >= 0.3 is 6.18 Å². The molecule has 3 rings (SSSR count). The maximum atomic E-state index is 12.6. The smallest absolute Gasteiger partial charge is 0.296 e. The molecule has 4 nitrogen and oxygen atoms in total. The second-order valence-electron chi connectivity index (χ2n) is 5.92. The summed E-state index contributed by atoms with van der Waals surface area (Å²) in [4.78, 5) is 12.5. The third kappa shape index (κ3) is 4.31. The van der Waals surface area contributed by atoms with E-state index in [9.17, 15) is 13.2 Å². The minimum atomic E-state index is -4.35. The van der Waals surface area contributed by atoms with Crippen molar-refractivity contribution in [2.45, 2.75) is 26.2 Å². The molecule has 0 spiro atoms. The molecule has 1 saturated heterocycles. The Morgan fingerprint density at radius 1 is 1.12 bits per heavy atom. The monoisotopic (exact) mass is 356 g/mol. The van der Waals surface area contributed by atoms with Gasteiger partial charge in [-0.05, 0) is 18.6 Å². The molecule has 0 N–H and O–H groups in total. The largest absolute Gasteiger partial charge is 0.434 e. The third-order valence-corrected chi connectivity index (χ3v) is 5.01. The minimum Gasteiger partial charge on any atom is -0.296 e. The average Bonchev–Trinajstić information content (AvgIpc) is 3.00. The van der Waals surface area contributed by atoms with Crippen LogP contribution in [0.2, 0.25) is 0 Å². The van der Waals surface area contributed by atoms with Crippen LogP contribution >= 0.6 is 11.3 Å². The first-order chi connectivity index (χ1) is 11.4. The van der Waals surface area contributed by atoms with Crippen LogP contribution in [0.4, 0.5) is 13.2 Å². The van der Waals surface area contributed by atoms with E-state index in [1.54, 1.807) is 6.20 Å². The van der Waals surface area contributed by atoms with Crippen molar-refractivity contribution < 1.29 is 13.2 Å². The van der Waals surface area contributed by atoms with E-state index in [-0.39, 0.29) is 0 Å². The van der Waals surface area contributed by atoms with E-state index < -0.39 is 11.9 Å². The van der Waals surface area contributed by atoms with Crippen LogP contribution in [0.15, 0.2) is 23.7 Å². The Morgan fingerprint density at radius 2 is 1.79 bits per heavy atom. The highest BCUT2D eigenvalue weighted by atomic mass is 32.1. The normalized spacial score (nSPS) is 17.3. The zero-order chi connectivity index (χ0) is 17.2. The summed E-state index contributed by atoms with van der Waals surface area (Å²) in [5.74, 6) is 0. The van der Waals surface area contributed by atoms with Gasteiger partial charge < -0.3 is 0 Å². The van der Waals surface area contributed by atoms with Crippen LogP contribution in [-0.2, 0) is 19.3 Å². The summed E-state index contributed by atoms with van der Waals surface area (Å²) >= 11 is 1.08. The van der Waals surface area contributed by atoms with Gasteiger partial charge in [-0.1, -0.05) is 6.07 Å². The van der Waals surface area contributed by atoms with Crippen LogP contribution in [0.5, 0.6) is 0 Å². The molecule has 0 amide bonds. The molecule has 24 heavy (non-hydrogen) atoms. The molecule has 1 aliphatic rings. The van der Waals surface area contributed by atoms with Crippen molar-refractivity contribution in [1.82, 2.24) is 19.8 Å². The second-order valence-corrected chi connectivity index (χ2v) is 6.87. The molecule has 0 unspecified atom stereocenters. The van der Waals surface area contributed by atoms with Crippen molar-refractivity contribution in [3.63, 3.8) is 0 Å². The highest BCUT2D eigenvalue weighted by Gasteiger charge is 2.33. The summed E-state index contributed by atoms with van der Waals surface area (Å²) in [6.45, 7) is 6.81. The number of alkyl halides is 3. The summed E-state index contributed by atoms with van der Waals surface area (Å²) in [6.07, 6.45) is -2.56. The Balaban J connectivity index is 1.50. The number of halogens is 3. The topological polar surface area (TPSA) is 32.3 Å². The molecule has 0 atom stereocenters. The van der Waals surface area contributed by atoms with Gasteiger partial charge in [0.25, 0.3) is 0 Å². The lowest BCUT2D eigenvalue weighted by molar-refractivity contribution is -0.140. The van der Waals surface area contributed by atoms with Crippen LogP contribution in [0, 0.1) is 6.92 Å². The average molecular weight is 356 g/mol. The molecular weight excluding hydrogens is 337 g/mol. The van der Waals surface area contributed by atoms with Gasteiger partial charge in [0.1, 0.15) is 5.01 Å². The van der Waals surface area contributed by atoms with E-state index in [4.69, 9.17) is 0 Å². The molecule has 8 heteroatoms. The number of piperazine rings is 1. The Hall–Kier alpha value is -1.51. The van der Waals surface area contributed by atoms with E-state index in [2.05, 4.69) is 25.8 Å². The minimum absolute atomic E-state index is 0.487. The first-order valence-corrected chi connectivity index (χ1v) is 8.66. The summed E-state index contributed by atoms with van der Waals surface area (Å²) in [5, 5.41) is 1.62. The fraction of sp³-hybridized carbons (Fsp3) is 0.500. The van der Waals surface area contributed by atoms with E-state index in [0.29, 0.717) is 11.6 Å². The Morgan fingerprint density at radius 3 is 2.38 bits per heavy atom. The highest BCUT2D eigenvalue weighted by molar-refractivity contribution is 7.09. The number of rotatable bonds is 4. The molecule has 1 aliphatic heterocycles. The number of hydrogen-bond donors (Lipinski definition) is 0. The molecule has 2 aromatic rings. The molecule has 0 bridgehead atoms. The first kappa shape index (κ1) is 17.3. The molecule has 0 saturated carbocycles. The van der Waals surface area contributed by atoms with Crippen molar-refractivity contribution in [2.75, 3.05) is 26.2 Å². The standard InChI is InChI=1S/C16H19F3N4S/c1-12-13(3-2-4-20-12)9-22-5-7-23(8-6-22)10-15-21-14(11-24-15)16(17,18)19/h2-4,11H,5-10H2,1H3. The molecule has 130 valence electrons. The van der Waals surface area contributed by atoms with Gasteiger partial charge in [-0.3, -0.25) is 14.8 Å². The lowest BCUT2D eigenvalue weighted by Gasteiger charge is -2.34. The fourth-order valence-corrected chi connectivity index (χ4v) is 3.58. The molecule has 1 fully saturated rings. The Kier molecular flexibility index (Phi) is 5.17. The van der Waals surface area contributed by atoms with Crippen LogP contribution in [-0.4, -0.2) is 45.9 Å². The maximum absolute atomic E-state index is 12.6. The van der Waals surface area contributed by atoms with Gasteiger partial charge in [-0.2, -0.15) is 13.2 Å². The number of thiazole rings is 1. The van der Waals surface area contributed by atoms with Crippen LogP contribution < -0.4 is 0 Å². The van der Waals surface area contributed by atoms with E-state index in [1.807, 2.05) is 13.0 Å². The number of nitrogens with zero attached hydrogens (tertiary/aromatic N) is 4. The Bertz CT molecular complexity index is 678. The van der Waals surface area contributed by atoms with E-state index in [1.165, 1.54) is 5.56 Å². The lowest BCUT2D eigenvalue weighted by atomic mass is 10.2. The summed E-state index contributed by atoms with van der Waals surface area (Å²) in [6, 6.07) is 4.03. The predicted molar refractivity (Wildman–Crippen MR) is 86.6 cm³/mol. The number of aryl methyl sites for hydroxylation is 1. The van der Waals surface area contributed by atoms with Gasteiger partial charge in [0, 0.05) is 50.0 Å². The van der Waals surface area contributed by atoms with Gasteiger partial charge in [-0.25, -0.2) is 4.98 Å². The zero-order valence-electron chi connectivity index (χ0n) is 13.4. The summed E-state index contributed by atoms with van der Waals surface area (Å²) in [5.41, 5.74) is 1.48. The highest BCUT2D eigenvalue weighted by Crippen LogP contribution is 2.30. The van der Waals surface area contributed by atoms with Crippen molar-refractivity contribution in [3.05, 3.63) is 45.7 Å². The van der Waals surface area contributed by atoms with Crippen LogP contribution in [0.3, 0.4) is 0 Å². The third-order valence-electron chi connectivity index (χ3n) is 4.18. The molecule has 0 aliphatic carbocycles. The molecular formula is C16H19F3N4S. The number of aromatic nitrogens is 2. The summed E-state index contributed by atoms with van der Waals surface area (Å²) in [7, 11) is 0. The zero-order valence-corrected chi connectivity index (χ0v) is 14.2. The number of pyridine rings is 1.